The van der Waals surface area contributed by atoms with Crippen molar-refractivity contribution < 1.29 is 18.8 Å². The number of carbonyl (C=O) groups is 3. The van der Waals surface area contributed by atoms with Crippen molar-refractivity contribution in [3.8, 4) is 0 Å². The van der Waals surface area contributed by atoms with E-state index < -0.39 is 23.4 Å². The lowest BCUT2D eigenvalue weighted by Gasteiger charge is -2.37. The molecule has 0 amide bonds. The summed E-state index contributed by atoms with van der Waals surface area (Å²) in [5.74, 6) is -1.79. The molecule has 1 spiro atoms. The molecule has 1 aliphatic carbocycles. The maximum atomic E-state index is 14.2. The first-order chi connectivity index (χ1) is 16.4. The van der Waals surface area contributed by atoms with Crippen molar-refractivity contribution in [2.75, 3.05) is 4.90 Å². The third-order valence-electron chi connectivity index (χ3n) is 7.41. The molecule has 3 aromatic rings. The Bertz CT molecular complexity index is 1390. The van der Waals surface area contributed by atoms with Crippen LogP contribution in [0.1, 0.15) is 44.7 Å². The Labute approximate surface area is 204 Å². The third-order valence-corrected chi connectivity index (χ3v) is 7.94. The van der Waals surface area contributed by atoms with Crippen LogP contribution in [0, 0.1) is 11.2 Å². The smallest absolute Gasteiger partial charge is 0.180 e. The molecule has 4 nitrogen and oxygen atoms in total. The molecule has 2 aliphatic heterocycles. The Morgan fingerprint density at radius 1 is 0.971 bits per heavy atom. The second-order valence-corrected chi connectivity index (χ2v) is 9.99. The van der Waals surface area contributed by atoms with E-state index >= 15 is 0 Å². The molecular weight excluding hydrogens is 497 g/mol. The summed E-state index contributed by atoms with van der Waals surface area (Å²) in [5.41, 5.74) is 1.27. The Kier molecular flexibility index (Phi) is 4.55. The fourth-order valence-corrected chi connectivity index (χ4v) is 6.41. The van der Waals surface area contributed by atoms with E-state index in [0.717, 1.165) is 10.0 Å². The normalized spacial score (nSPS) is 23.7. The maximum absolute atomic E-state index is 14.2. The van der Waals surface area contributed by atoms with Crippen molar-refractivity contribution in [1.29, 1.82) is 0 Å². The van der Waals surface area contributed by atoms with E-state index in [-0.39, 0.29) is 23.2 Å². The molecule has 168 valence electrons. The average Bonchev–Trinajstić information content (AvgIpc) is 3.26. The van der Waals surface area contributed by atoms with Gasteiger partial charge in [-0.3, -0.25) is 14.4 Å². The summed E-state index contributed by atoms with van der Waals surface area (Å²) in [4.78, 5) is 43.6. The van der Waals surface area contributed by atoms with Crippen LogP contribution in [0.5, 0.6) is 0 Å². The molecule has 0 saturated carbocycles. The van der Waals surface area contributed by atoms with Crippen molar-refractivity contribution in [2.45, 2.75) is 24.9 Å². The zero-order valence-electron chi connectivity index (χ0n) is 18.2. The number of benzene rings is 3. The first-order valence-electron chi connectivity index (χ1n) is 11.1. The number of halogens is 2. The van der Waals surface area contributed by atoms with E-state index in [9.17, 15) is 18.8 Å². The Morgan fingerprint density at radius 2 is 1.62 bits per heavy atom. The molecule has 3 aromatic carbocycles. The Morgan fingerprint density at radius 3 is 2.24 bits per heavy atom. The van der Waals surface area contributed by atoms with Crippen molar-refractivity contribution in [1.82, 2.24) is 0 Å². The lowest BCUT2D eigenvalue weighted by Crippen LogP contribution is -2.48. The average molecular weight is 516 g/mol. The predicted octanol–water partition coefficient (Wildman–Crippen LogP) is 5.61. The lowest BCUT2D eigenvalue weighted by molar-refractivity contribution is -0.118. The van der Waals surface area contributed by atoms with Crippen LogP contribution in [-0.2, 0) is 4.79 Å². The van der Waals surface area contributed by atoms with E-state index in [4.69, 9.17) is 0 Å². The van der Waals surface area contributed by atoms with Gasteiger partial charge in [0, 0.05) is 32.8 Å². The van der Waals surface area contributed by atoms with Crippen molar-refractivity contribution >= 4 is 45.0 Å². The minimum atomic E-state index is -1.50. The van der Waals surface area contributed by atoms with Gasteiger partial charge in [-0.2, -0.15) is 0 Å². The van der Waals surface area contributed by atoms with Crippen molar-refractivity contribution in [3.05, 3.63) is 105 Å². The molecule has 0 aromatic heterocycles. The largest absolute Gasteiger partial charge is 0.352 e. The highest BCUT2D eigenvalue weighted by Gasteiger charge is 2.71. The quantitative estimate of drug-likeness (QED) is 0.416. The van der Waals surface area contributed by atoms with E-state index in [0.29, 0.717) is 22.4 Å². The number of fused-ring (bicyclic) bond motifs is 5. The first-order valence-corrected chi connectivity index (χ1v) is 11.9. The summed E-state index contributed by atoms with van der Waals surface area (Å²) in [5, 5.41) is 0. The van der Waals surface area contributed by atoms with E-state index in [1.54, 1.807) is 42.5 Å². The zero-order chi connectivity index (χ0) is 23.8. The second kappa shape index (κ2) is 7.31. The lowest BCUT2D eigenvalue weighted by atomic mass is 9.64. The Hall–Kier alpha value is -3.38. The topological polar surface area (TPSA) is 54.5 Å². The van der Waals surface area contributed by atoms with Crippen LogP contribution in [0.25, 0.3) is 6.08 Å². The van der Waals surface area contributed by atoms with Gasteiger partial charge < -0.3 is 4.90 Å². The van der Waals surface area contributed by atoms with Crippen LogP contribution in [0.3, 0.4) is 0 Å². The number of anilines is 1. The molecule has 1 saturated heterocycles. The molecule has 1 fully saturated rings. The van der Waals surface area contributed by atoms with Gasteiger partial charge in [0.25, 0.3) is 0 Å². The van der Waals surface area contributed by atoms with E-state index in [1.165, 1.54) is 19.1 Å². The number of hydrogen-bond donors (Lipinski definition) is 0. The molecular formula is C28H19BrFNO3. The molecule has 0 radical (unpaired) electrons. The summed E-state index contributed by atoms with van der Waals surface area (Å²) < 4.78 is 14.9. The van der Waals surface area contributed by atoms with Crippen LogP contribution in [0.15, 0.2) is 77.3 Å². The molecule has 2 heterocycles. The Balaban J connectivity index is 1.68. The standard InChI is InChI=1S/C28H19BrFNO3/c1-15(32)25-24(16-6-9-18(29)10-7-16)28(26(33)20-4-2-3-5-21(20)27(28)34)23-13-8-17-14-19(30)11-12-22(17)31(23)25/h2-14,23-25H,1H3/t23-,24+,25+/m1/s1. The molecule has 6 rings (SSSR count). The van der Waals surface area contributed by atoms with Crippen LogP contribution in [0.4, 0.5) is 10.1 Å². The number of rotatable bonds is 2. The van der Waals surface area contributed by atoms with Crippen molar-refractivity contribution in [2.24, 2.45) is 5.41 Å². The number of nitrogens with zero attached hydrogens (tertiary/aromatic N) is 1. The molecule has 3 atom stereocenters. The van der Waals surface area contributed by atoms with Gasteiger partial charge in [0.05, 0.1) is 12.1 Å². The molecule has 0 unspecified atom stereocenters. The van der Waals surface area contributed by atoms with Crippen LogP contribution >= 0.6 is 15.9 Å². The second-order valence-electron chi connectivity index (χ2n) is 9.07. The van der Waals surface area contributed by atoms with Gasteiger partial charge in [0.2, 0.25) is 0 Å². The predicted molar refractivity (Wildman–Crippen MR) is 131 cm³/mol. The molecule has 34 heavy (non-hydrogen) atoms. The molecule has 0 N–H and O–H groups in total. The van der Waals surface area contributed by atoms with Gasteiger partial charge in [0.1, 0.15) is 11.2 Å². The number of hydrogen-bond acceptors (Lipinski definition) is 4. The van der Waals surface area contributed by atoms with Crippen LogP contribution in [-0.4, -0.2) is 29.4 Å². The minimum Gasteiger partial charge on any atom is -0.352 e. The van der Waals surface area contributed by atoms with Gasteiger partial charge in [-0.1, -0.05) is 64.5 Å². The highest BCUT2D eigenvalue weighted by molar-refractivity contribution is 9.10. The number of Topliss-reactive ketones (excluding diaryl/α,β-unsaturated/α-hetero) is 3. The monoisotopic (exact) mass is 515 g/mol. The minimum absolute atomic E-state index is 0.156. The summed E-state index contributed by atoms with van der Waals surface area (Å²) in [6, 6.07) is 17.2. The molecule has 0 bridgehead atoms. The summed E-state index contributed by atoms with van der Waals surface area (Å²) >= 11 is 3.45. The third kappa shape index (κ3) is 2.60. The highest BCUT2D eigenvalue weighted by Crippen LogP contribution is 2.60. The summed E-state index contributed by atoms with van der Waals surface area (Å²) in [6.07, 6.45) is 3.55. The van der Waals surface area contributed by atoms with Crippen molar-refractivity contribution in [3.63, 3.8) is 0 Å². The van der Waals surface area contributed by atoms with Crippen LogP contribution < -0.4 is 4.90 Å². The van der Waals surface area contributed by atoms with E-state index in [1.807, 2.05) is 29.2 Å². The molecule has 6 heteroatoms. The maximum Gasteiger partial charge on any atom is 0.180 e. The van der Waals surface area contributed by atoms with Gasteiger partial charge >= 0.3 is 0 Å². The summed E-state index contributed by atoms with van der Waals surface area (Å²) in [6.45, 7) is 1.49. The first kappa shape index (κ1) is 21.2. The number of ketones is 3. The van der Waals surface area contributed by atoms with Gasteiger partial charge in [-0.25, -0.2) is 4.39 Å². The fraction of sp³-hybridized carbons (Fsp3) is 0.179. The molecule has 3 aliphatic rings. The zero-order valence-corrected chi connectivity index (χ0v) is 19.8. The van der Waals surface area contributed by atoms with Gasteiger partial charge in [0.15, 0.2) is 17.3 Å². The fourth-order valence-electron chi connectivity index (χ4n) is 6.14. The number of carbonyl (C=O) groups excluding carboxylic acids is 3. The van der Waals surface area contributed by atoms with Gasteiger partial charge in [-0.05, 0) is 42.8 Å². The van der Waals surface area contributed by atoms with E-state index in [2.05, 4.69) is 15.9 Å². The van der Waals surface area contributed by atoms with Crippen LogP contribution in [0.2, 0.25) is 0 Å². The summed E-state index contributed by atoms with van der Waals surface area (Å²) in [7, 11) is 0. The SMILES string of the molecule is CC(=O)[C@H]1[C@H](c2ccc(Br)cc2)C2(C(=O)c3ccccc3C2=O)[C@H]2C=Cc3cc(F)ccc3N12. The highest BCUT2D eigenvalue weighted by atomic mass is 79.9. The van der Waals surface area contributed by atoms with Gasteiger partial charge in [-0.15, -0.1) is 0 Å².